The van der Waals surface area contributed by atoms with Crippen molar-refractivity contribution in [3.8, 4) is 0 Å². The van der Waals surface area contributed by atoms with Gasteiger partial charge in [0.2, 0.25) is 0 Å². The van der Waals surface area contributed by atoms with Crippen molar-refractivity contribution < 1.29 is 9.53 Å². The Morgan fingerprint density at radius 3 is 2.93 bits per heavy atom. The predicted octanol–water partition coefficient (Wildman–Crippen LogP) is 2.58. The number of carbonyl (C=O) groups is 1. The summed E-state index contributed by atoms with van der Waals surface area (Å²) in [7, 11) is 0. The number of nitrogens with zero attached hydrogens (tertiary/aromatic N) is 4. The van der Waals surface area contributed by atoms with Gasteiger partial charge >= 0.3 is 0 Å². The van der Waals surface area contributed by atoms with Crippen molar-refractivity contribution in [2.24, 2.45) is 5.73 Å². The van der Waals surface area contributed by atoms with E-state index < -0.39 is 0 Å². The average Bonchev–Trinajstić information content (AvgIpc) is 3.37. The van der Waals surface area contributed by atoms with Gasteiger partial charge in [0.25, 0.3) is 5.91 Å². The van der Waals surface area contributed by atoms with Gasteiger partial charge in [-0.1, -0.05) is 29.5 Å². The number of ether oxygens (including phenoxy) is 1. The molecule has 1 aromatic carbocycles. The highest BCUT2D eigenvalue weighted by atomic mass is 32.1. The number of para-hydroxylation sites is 1. The third-order valence-electron chi connectivity index (χ3n) is 5.77. The first-order valence-corrected chi connectivity index (χ1v) is 11.1. The summed E-state index contributed by atoms with van der Waals surface area (Å²) in [6.07, 6.45) is 4.12. The van der Waals surface area contributed by atoms with Crippen LogP contribution in [0.15, 0.2) is 30.6 Å². The van der Waals surface area contributed by atoms with E-state index in [2.05, 4.69) is 43.4 Å². The molecular weight excluding hydrogens is 400 g/mol. The van der Waals surface area contributed by atoms with Crippen LogP contribution >= 0.6 is 11.3 Å². The third-order valence-corrected chi connectivity index (χ3v) is 6.73. The lowest BCUT2D eigenvalue weighted by Gasteiger charge is -2.22. The van der Waals surface area contributed by atoms with E-state index in [4.69, 9.17) is 10.5 Å². The van der Waals surface area contributed by atoms with Crippen LogP contribution in [0.2, 0.25) is 0 Å². The number of hydrogen-bond donors (Lipinski definition) is 2. The molecule has 1 unspecified atom stereocenters. The van der Waals surface area contributed by atoms with Gasteiger partial charge in [-0.05, 0) is 37.4 Å². The number of anilines is 2. The Hall–Kier alpha value is -2.62. The Labute approximate surface area is 178 Å². The van der Waals surface area contributed by atoms with Gasteiger partial charge in [-0.25, -0.2) is 15.0 Å². The zero-order valence-electron chi connectivity index (χ0n) is 16.6. The molecule has 1 fully saturated rings. The summed E-state index contributed by atoms with van der Waals surface area (Å²) in [4.78, 5) is 29.2. The molecule has 1 amide bonds. The summed E-state index contributed by atoms with van der Waals surface area (Å²) < 4.78 is 5.37. The molecule has 0 aliphatic carbocycles. The molecule has 30 heavy (non-hydrogen) atoms. The van der Waals surface area contributed by atoms with Gasteiger partial charge in [0, 0.05) is 37.4 Å². The molecule has 0 bridgehead atoms. The highest BCUT2D eigenvalue weighted by Gasteiger charge is 2.31. The van der Waals surface area contributed by atoms with Crippen LogP contribution < -0.4 is 16.0 Å². The number of aromatic nitrogens is 3. The van der Waals surface area contributed by atoms with E-state index in [1.807, 2.05) is 6.07 Å². The van der Waals surface area contributed by atoms with Gasteiger partial charge in [-0.2, -0.15) is 0 Å². The molecular formula is C21H24N6O2S. The standard InChI is InChI=1S/C21H24N6O2S/c22-8-5-13-11-27(16-4-2-1-3-15(13)16)18-17-20(24-12-23-18)30-21(26-17)19(28)25-14-6-9-29-10-7-14/h1-4,12-14H,5-11,22H2,(H,25,28). The maximum absolute atomic E-state index is 12.8. The van der Waals surface area contributed by atoms with E-state index >= 15 is 0 Å². The topological polar surface area (TPSA) is 106 Å². The molecule has 2 aliphatic rings. The number of amides is 1. The molecule has 3 N–H and O–H groups in total. The van der Waals surface area contributed by atoms with Crippen molar-refractivity contribution in [2.75, 3.05) is 31.2 Å². The van der Waals surface area contributed by atoms with Crippen LogP contribution in [0.1, 0.15) is 40.5 Å². The minimum atomic E-state index is -0.154. The number of nitrogens with one attached hydrogen (secondary N) is 1. The monoisotopic (exact) mass is 424 g/mol. The third kappa shape index (κ3) is 3.53. The fourth-order valence-corrected chi connectivity index (χ4v) is 5.08. The second-order valence-corrected chi connectivity index (χ2v) is 8.65. The first kappa shape index (κ1) is 19.3. The molecule has 9 heteroatoms. The first-order valence-electron chi connectivity index (χ1n) is 10.3. The molecule has 8 nitrogen and oxygen atoms in total. The van der Waals surface area contributed by atoms with Gasteiger partial charge in [0.1, 0.15) is 16.7 Å². The zero-order chi connectivity index (χ0) is 20.5. The lowest BCUT2D eigenvalue weighted by atomic mass is 9.98. The number of hydrogen-bond acceptors (Lipinski definition) is 8. The van der Waals surface area contributed by atoms with E-state index in [1.165, 1.54) is 16.9 Å². The highest BCUT2D eigenvalue weighted by Crippen LogP contribution is 2.43. The number of carbonyl (C=O) groups excluding carboxylic acids is 1. The molecule has 5 rings (SSSR count). The predicted molar refractivity (Wildman–Crippen MR) is 116 cm³/mol. The Morgan fingerprint density at radius 2 is 2.10 bits per heavy atom. The Bertz CT molecular complexity index is 1060. The Kier molecular flexibility index (Phi) is 5.32. The molecule has 2 aromatic heterocycles. The van der Waals surface area contributed by atoms with Gasteiger partial charge in [-0.3, -0.25) is 4.79 Å². The van der Waals surface area contributed by atoms with Crippen LogP contribution in [0.3, 0.4) is 0 Å². The molecule has 0 radical (unpaired) electrons. The molecule has 156 valence electrons. The summed E-state index contributed by atoms with van der Waals surface area (Å²) in [5.74, 6) is 0.943. The lowest BCUT2D eigenvalue weighted by Crippen LogP contribution is -2.38. The number of thiazole rings is 1. The molecule has 2 aliphatic heterocycles. The molecule has 1 saturated heterocycles. The van der Waals surface area contributed by atoms with Gasteiger partial charge < -0.3 is 20.7 Å². The lowest BCUT2D eigenvalue weighted by molar-refractivity contribution is 0.0696. The maximum Gasteiger partial charge on any atom is 0.280 e. The van der Waals surface area contributed by atoms with Crippen molar-refractivity contribution in [1.29, 1.82) is 0 Å². The first-order chi connectivity index (χ1) is 14.7. The summed E-state index contributed by atoms with van der Waals surface area (Å²) in [6, 6.07) is 8.48. The number of fused-ring (bicyclic) bond motifs is 2. The number of benzene rings is 1. The van der Waals surface area contributed by atoms with E-state index in [0.717, 1.165) is 42.1 Å². The SMILES string of the molecule is NCCC1CN(c2ncnc3sc(C(=O)NC4CCOCC4)nc23)c2ccccc21. The molecule has 1 atom stereocenters. The fraction of sp³-hybridized carbons (Fsp3) is 0.429. The quantitative estimate of drug-likeness (QED) is 0.648. The van der Waals surface area contributed by atoms with Crippen molar-refractivity contribution in [1.82, 2.24) is 20.3 Å². The van der Waals surface area contributed by atoms with Crippen LogP contribution in [0, 0.1) is 0 Å². The highest BCUT2D eigenvalue weighted by molar-refractivity contribution is 7.20. The summed E-state index contributed by atoms with van der Waals surface area (Å²) in [5, 5.41) is 3.50. The fourth-order valence-electron chi connectivity index (χ4n) is 4.27. The van der Waals surface area contributed by atoms with Crippen molar-refractivity contribution >= 4 is 39.1 Å². The molecule has 0 spiro atoms. The summed E-state index contributed by atoms with van der Waals surface area (Å²) >= 11 is 1.31. The second kappa shape index (κ2) is 8.25. The van der Waals surface area contributed by atoms with Crippen molar-refractivity contribution in [2.45, 2.75) is 31.2 Å². The summed E-state index contributed by atoms with van der Waals surface area (Å²) in [5.41, 5.74) is 8.92. The number of rotatable bonds is 5. The van der Waals surface area contributed by atoms with Gasteiger partial charge in [0.15, 0.2) is 10.8 Å². The van der Waals surface area contributed by atoms with Crippen LogP contribution in [-0.2, 0) is 4.74 Å². The van der Waals surface area contributed by atoms with Crippen molar-refractivity contribution in [3.63, 3.8) is 0 Å². The van der Waals surface area contributed by atoms with E-state index in [-0.39, 0.29) is 11.9 Å². The van der Waals surface area contributed by atoms with E-state index in [9.17, 15) is 4.79 Å². The van der Waals surface area contributed by atoms with E-state index in [0.29, 0.717) is 36.2 Å². The van der Waals surface area contributed by atoms with Gasteiger partial charge in [-0.15, -0.1) is 0 Å². The van der Waals surface area contributed by atoms with E-state index in [1.54, 1.807) is 6.33 Å². The average molecular weight is 425 g/mol. The van der Waals surface area contributed by atoms with Crippen LogP contribution in [0.4, 0.5) is 11.5 Å². The Balaban J connectivity index is 1.47. The van der Waals surface area contributed by atoms with Gasteiger partial charge in [0.05, 0.1) is 0 Å². The van der Waals surface area contributed by atoms with Crippen LogP contribution in [-0.4, -0.2) is 53.2 Å². The Morgan fingerprint density at radius 1 is 1.27 bits per heavy atom. The minimum absolute atomic E-state index is 0.131. The van der Waals surface area contributed by atoms with Crippen molar-refractivity contribution in [3.05, 3.63) is 41.2 Å². The molecule has 4 heterocycles. The second-order valence-electron chi connectivity index (χ2n) is 7.67. The molecule has 3 aromatic rings. The smallest absolute Gasteiger partial charge is 0.280 e. The molecule has 0 saturated carbocycles. The largest absolute Gasteiger partial charge is 0.381 e. The maximum atomic E-state index is 12.8. The van der Waals surface area contributed by atoms with Crippen LogP contribution in [0.25, 0.3) is 10.3 Å². The number of nitrogens with two attached hydrogens (primary N) is 1. The van der Waals surface area contributed by atoms with Crippen LogP contribution in [0.5, 0.6) is 0 Å². The minimum Gasteiger partial charge on any atom is -0.381 e. The zero-order valence-corrected chi connectivity index (χ0v) is 17.4. The normalized spacial score (nSPS) is 19.2. The summed E-state index contributed by atoms with van der Waals surface area (Å²) in [6.45, 7) is 2.79.